The molecule has 2 rings (SSSR count). The van der Waals surface area contributed by atoms with E-state index in [0.29, 0.717) is 12.8 Å². The summed E-state index contributed by atoms with van der Waals surface area (Å²) in [5.41, 5.74) is -0.739. The molecule has 1 aliphatic carbocycles. The molecule has 1 saturated carbocycles. The SMILES string of the molecule is COc1c(Cl)ccc(C2(O)CCC2)c1F. The van der Waals surface area contributed by atoms with Crippen LogP contribution in [-0.4, -0.2) is 12.2 Å². The van der Waals surface area contributed by atoms with E-state index in [-0.39, 0.29) is 16.3 Å². The average molecular weight is 231 g/mol. The standard InChI is InChI=1S/C11H12ClFO2/c1-15-10-8(12)4-3-7(9(10)13)11(14)5-2-6-11/h3-4,14H,2,5-6H2,1H3. The van der Waals surface area contributed by atoms with Gasteiger partial charge >= 0.3 is 0 Å². The first-order valence-electron chi connectivity index (χ1n) is 4.83. The minimum absolute atomic E-state index is 0.00879. The van der Waals surface area contributed by atoms with Gasteiger partial charge in [-0.3, -0.25) is 0 Å². The van der Waals surface area contributed by atoms with Gasteiger partial charge in [-0.15, -0.1) is 0 Å². The molecule has 2 nitrogen and oxygen atoms in total. The Balaban J connectivity index is 2.49. The molecule has 0 bridgehead atoms. The van der Waals surface area contributed by atoms with Crippen LogP contribution < -0.4 is 4.74 Å². The van der Waals surface area contributed by atoms with Gasteiger partial charge in [0.1, 0.15) is 0 Å². The molecule has 1 fully saturated rings. The summed E-state index contributed by atoms with van der Waals surface area (Å²) < 4.78 is 18.7. The number of benzene rings is 1. The van der Waals surface area contributed by atoms with Gasteiger partial charge in [-0.2, -0.15) is 0 Å². The number of ether oxygens (including phenoxy) is 1. The minimum Gasteiger partial charge on any atom is -0.492 e. The highest BCUT2D eigenvalue weighted by Gasteiger charge is 2.39. The topological polar surface area (TPSA) is 29.5 Å². The van der Waals surface area contributed by atoms with Gasteiger partial charge in [0.2, 0.25) is 0 Å². The predicted molar refractivity (Wildman–Crippen MR) is 55.7 cm³/mol. The first-order chi connectivity index (χ1) is 7.08. The average Bonchev–Trinajstić information content (AvgIpc) is 2.15. The fourth-order valence-electron chi connectivity index (χ4n) is 1.86. The van der Waals surface area contributed by atoms with Crippen molar-refractivity contribution in [1.82, 2.24) is 0 Å². The molecule has 0 aromatic heterocycles. The third-order valence-corrected chi connectivity index (χ3v) is 3.23. The zero-order valence-electron chi connectivity index (χ0n) is 8.39. The summed E-state index contributed by atoms with van der Waals surface area (Å²) in [5.74, 6) is -0.540. The van der Waals surface area contributed by atoms with Crippen molar-refractivity contribution in [1.29, 1.82) is 0 Å². The van der Waals surface area contributed by atoms with Crippen molar-refractivity contribution in [3.63, 3.8) is 0 Å². The second-order valence-corrected chi connectivity index (χ2v) is 4.23. The maximum atomic E-state index is 13.9. The van der Waals surface area contributed by atoms with E-state index in [9.17, 15) is 9.50 Å². The van der Waals surface area contributed by atoms with E-state index in [1.165, 1.54) is 13.2 Å². The van der Waals surface area contributed by atoms with Crippen molar-refractivity contribution in [3.05, 3.63) is 28.5 Å². The molecule has 15 heavy (non-hydrogen) atoms. The summed E-state index contributed by atoms with van der Waals surface area (Å²) in [5, 5.41) is 10.3. The summed E-state index contributed by atoms with van der Waals surface area (Å²) in [7, 11) is 1.36. The molecule has 1 N–H and O–H groups in total. The molecule has 1 aliphatic rings. The van der Waals surface area contributed by atoms with Crippen LogP contribution in [0.15, 0.2) is 12.1 Å². The molecule has 0 atom stereocenters. The van der Waals surface area contributed by atoms with Crippen LogP contribution in [0.2, 0.25) is 5.02 Å². The summed E-state index contributed by atoms with van der Waals surface area (Å²) in [6.07, 6.45) is 2.10. The molecule has 0 aliphatic heterocycles. The van der Waals surface area contributed by atoms with Crippen LogP contribution in [0.1, 0.15) is 24.8 Å². The first-order valence-corrected chi connectivity index (χ1v) is 5.21. The number of aliphatic hydroxyl groups is 1. The Bertz CT molecular complexity index is 388. The van der Waals surface area contributed by atoms with Crippen molar-refractivity contribution >= 4 is 11.6 Å². The van der Waals surface area contributed by atoms with Gasteiger partial charge < -0.3 is 9.84 Å². The van der Waals surface area contributed by atoms with Gasteiger partial charge in [-0.25, -0.2) is 4.39 Å². The Morgan fingerprint density at radius 2 is 2.13 bits per heavy atom. The molecule has 0 amide bonds. The van der Waals surface area contributed by atoms with E-state index in [0.717, 1.165) is 6.42 Å². The smallest absolute Gasteiger partial charge is 0.173 e. The predicted octanol–water partition coefficient (Wildman–Crippen LogP) is 2.86. The first kappa shape index (κ1) is 10.7. The summed E-state index contributed by atoms with van der Waals surface area (Å²) >= 11 is 5.77. The van der Waals surface area contributed by atoms with Crippen molar-refractivity contribution in [2.24, 2.45) is 0 Å². The van der Waals surface area contributed by atoms with Crippen LogP contribution in [0.25, 0.3) is 0 Å². The van der Waals surface area contributed by atoms with Crippen LogP contribution in [0.4, 0.5) is 4.39 Å². The molecular weight excluding hydrogens is 219 g/mol. The number of halogens is 2. The Kier molecular flexibility index (Phi) is 2.61. The zero-order chi connectivity index (χ0) is 11.1. The van der Waals surface area contributed by atoms with Crippen molar-refractivity contribution < 1.29 is 14.2 Å². The van der Waals surface area contributed by atoms with Crippen molar-refractivity contribution in [2.45, 2.75) is 24.9 Å². The van der Waals surface area contributed by atoms with E-state index in [1.54, 1.807) is 6.07 Å². The van der Waals surface area contributed by atoms with E-state index < -0.39 is 11.4 Å². The van der Waals surface area contributed by atoms with E-state index in [1.807, 2.05) is 0 Å². The molecule has 82 valence electrons. The van der Waals surface area contributed by atoms with Crippen molar-refractivity contribution in [2.75, 3.05) is 7.11 Å². The molecule has 1 aromatic carbocycles. The normalized spacial score (nSPS) is 18.4. The number of rotatable bonds is 2. The zero-order valence-corrected chi connectivity index (χ0v) is 9.14. The molecule has 0 unspecified atom stereocenters. The number of hydrogen-bond donors (Lipinski definition) is 1. The molecule has 0 heterocycles. The number of hydrogen-bond acceptors (Lipinski definition) is 2. The molecular formula is C11H12ClFO2. The van der Waals surface area contributed by atoms with Crippen molar-refractivity contribution in [3.8, 4) is 5.75 Å². The van der Waals surface area contributed by atoms with E-state index >= 15 is 0 Å². The molecule has 1 aromatic rings. The fraction of sp³-hybridized carbons (Fsp3) is 0.455. The largest absolute Gasteiger partial charge is 0.492 e. The Morgan fingerprint density at radius 1 is 1.47 bits per heavy atom. The van der Waals surface area contributed by atoms with Gasteiger partial charge in [-0.1, -0.05) is 17.7 Å². The highest BCUT2D eigenvalue weighted by Crippen LogP contribution is 2.44. The molecule has 0 spiro atoms. The van der Waals surface area contributed by atoms with Gasteiger partial charge in [0.25, 0.3) is 0 Å². The third kappa shape index (κ3) is 1.60. The summed E-state index contributed by atoms with van der Waals surface area (Å²) in [4.78, 5) is 0. The monoisotopic (exact) mass is 230 g/mol. The Labute approximate surface area is 92.6 Å². The quantitative estimate of drug-likeness (QED) is 0.847. The lowest BCUT2D eigenvalue weighted by Gasteiger charge is -2.37. The highest BCUT2D eigenvalue weighted by atomic mass is 35.5. The molecule has 0 saturated heterocycles. The second kappa shape index (κ2) is 3.65. The highest BCUT2D eigenvalue weighted by molar-refractivity contribution is 6.32. The van der Waals surface area contributed by atoms with Gasteiger partial charge in [-0.05, 0) is 25.3 Å². The lowest BCUT2D eigenvalue weighted by atomic mass is 9.75. The summed E-state index contributed by atoms with van der Waals surface area (Å²) in [6, 6.07) is 3.08. The third-order valence-electron chi connectivity index (χ3n) is 2.94. The second-order valence-electron chi connectivity index (χ2n) is 3.83. The maximum absolute atomic E-state index is 13.9. The van der Waals surface area contributed by atoms with Gasteiger partial charge in [0.15, 0.2) is 11.6 Å². The van der Waals surface area contributed by atoms with E-state index in [2.05, 4.69) is 0 Å². The molecule has 4 heteroatoms. The fourth-order valence-corrected chi connectivity index (χ4v) is 2.08. The van der Waals surface area contributed by atoms with Gasteiger partial charge in [0, 0.05) is 5.56 Å². The van der Waals surface area contributed by atoms with Crippen LogP contribution in [-0.2, 0) is 5.60 Å². The number of methoxy groups -OCH3 is 1. The lowest BCUT2D eigenvalue weighted by Crippen LogP contribution is -2.34. The minimum atomic E-state index is -1.03. The Hall–Kier alpha value is -0.800. The summed E-state index contributed by atoms with van der Waals surface area (Å²) in [6.45, 7) is 0. The van der Waals surface area contributed by atoms with E-state index in [4.69, 9.17) is 16.3 Å². The maximum Gasteiger partial charge on any atom is 0.173 e. The van der Waals surface area contributed by atoms with Crippen LogP contribution >= 0.6 is 11.6 Å². The van der Waals surface area contributed by atoms with Crippen LogP contribution in [0.5, 0.6) is 5.75 Å². The molecule has 0 radical (unpaired) electrons. The van der Waals surface area contributed by atoms with Gasteiger partial charge in [0.05, 0.1) is 17.7 Å². The van der Waals surface area contributed by atoms with Crippen LogP contribution in [0, 0.1) is 5.82 Å². The lowest BCUT2D eigenvalue weighted by molar-refractivity contribution is -0.0419. The van der Waals surface area contributed by atoms with Crippen LogP contribution in [0.3, 0.4) is 0 Å². The Morgan fingerprint density at radius 3 is 2.60 bits per heavy atom.